The quantitative estimate of drug-likeness (QED) is 0.571. The highest BCUT2D eigenvalue weighted by Crippen LogP contribution is 2.31. The average molecular weight is 264 g/mol. The molecule has 1 aromatic carbocycles. The lowest BCUT2D eigenvalue weighted by molar-refractivity contribution is 0.281. The summed E-state index contributed by atoms with van der Waals surface area (Å²) in [6, 6.07) is 13.3. The summed E-state index contributed by atoms with van der Waals surface area (Å²) >= 11 is 0. The molecule has 0 fully saturated rings. The Balaban J connectivity index is 2.04. The molecule has 0 amide bonds. The number of para-hydroxylation sites is 1. The van der Waals surface area contributed by atoms with Crippen LogP contribution in [0.4, 0.5) is 0 Å². The molecular weight excluding hydrogens is 252 g/mol. The molecule has 1 N–H and O–H groups in total. The molecule has 0 radical (unpaired) electrons. The number of fused-ring (bicyclic) bond motifs is 4. The molecule has 4 rings (SSSR count). The second-order valence-electron chi connectivity index (χ2n) is 5.02. The lowest BCUT2D eigenvalue weighted by Gasteiger charge is -2.04. The van der Waals surface area contributed by atoms with Gasteiger partial charge in [0.2, 0.25) is 0 Å². The molecule has 98 valence electrons. The maximum absolute atomic E-state index is 12.1. The van der Waals surface area contributed by atoms with Crippen molar-refractivity contribution in [3.63, 3.8) is 0 Å². The first-order valence-corrected chi connectivity index (χ1v) is 6.50. The van der Waals surface area contributed by atoms with Crippen molar-refractivity contribution in [3.05, 3.63) is 63.9 Å². The van der Waals surface area contributed by atoms with Crippen molar-refractivity contribution >= 4 is 10.9 Å². The van der Waals surface area contributed by atoms with E-state index in [9.17, 15) is 9.90 Å². The van der Waals surface area contributed by atoms with Gasteiger partial charge in [0.15, 0.2) is 0 Å². The molecule has 0 bridgehead atoms. The van der Waals surface area contributed by atoms with Crippen molar-refractivity contribution in [2.24, 2.45) is 0 Å². The van der Waals surface area contributed by atoms with Gasteiger partial charge in [-0.3, -0.25) is 4.79 Å². The normalized spacial score (nSPS) is 12.4. The summed E-state index contributed by atoms with van der Waals surface area (Å²) in [5, 5.41) is 10.3. The summed E-state index contributed by atoms with van der Waals surface area (Å²) in [5.74, 6) is 0. The summed E-state index contributed by atoms with van der Waals surface area (Å²) in [5.41, 5.74) is 4.15. The highest BCUT2D eigenvalue weighted by molar-refractivity contribution is 5.83. The minimum absolute atomic E-state index is 0.0893. The van der Waals surface area contributed by atoms with E-state index >= 15 is 0 Å². The molecule has 0 atom stereocenters. The molecular formula is C16H12N2O2. The molecule has 0 saturated carbocycles. The number of hydrogen-bond donors (Lipinski definition) is 1. The molecule has 0 unspecified atom stereocenters. The van der Waals surface area contributed by atoms with Gasteiger partial charge >= 0.3 is 0 Å². The van der Waals surface area contributed by atoms with Crippen molar-refractivity contribution < 1.29 is 5.11 Å². The van der Waals surface area contributed by atoms with Crippen LogP contribution in [0.5, 0.6) is 0 Å². The standard InChI is InChI=1S/C16H12N2O2/c19-9-10-5-14-16-12(8-18(14)15(20)6-10)7-11-3-1-2-4-13(11)17-16/h1-7,19H,8-9H2. The highest BCUT2D eigenvalue weighted by atomic mass is 16.3. The molecule has 4 heteroatoms. The van der Waals surface area contributed by atoms with Crippen molar-refractivity contribution in [1.82, 2.24) is 9.55 Å². The first kappa shape index (κ1) is 11.4. The van der Waals surface area contributed by atoms with Gasteiger partial charge < -0.3 is 9.67 Å². The second-order valence-corrected chi connectivity index (χ2v) is 5.02. The highest BCUT2D eigenvalue weighted by Gasteiger charge is 2.21. The number of pyridine rings is 2. The number of hydrogen-bond acceptors (Lipinski definition) is 3. The van der Waals surface area contributed by atoms with Crippen LogP contribution in [0.2, 0.25) is 0 Å². The van der Waals surface area contributed by atoms with Gasteiger partial charge in [-0.15, -0.1) is 0 Å². The number of aromatic nitrogens is 2. The van der Waals surface area contributed by atoms with Crippen LogP contribution in [0.25, 0.3) is 22.3 Å². The fourth-order valence-corrected chi connectivity index (χ4v) is 2.77. The van der Waals surface area contributed by atoms with E-state index in [4.69, 9.17) is 0 Å². The lowest BCUT2D eigenvalue weighted by Crippen LogP contribution is -2.18. The second kappa shape index (κ2) is 4.02. The van der Waals surface area contributed by atoms with Gasteiger partial charge in [-0.05, 0) is 23.8 Å². The summed E-state index contributed by atoms with van der Waals surface area (Å²) in [6.07, 6.45) is 0. The first-order chi connectivity index (χ1) is 9.76. The predicted octanol–water partition coefficient (Wildman–Crippen LogP) is 1.92. The molecule has 3 heterocycles. The number of benzene rings is 1. The zero-order chi connectivity index (χ0) is 13.7. The minimum atomic E-state index is -0.133. The maximum Gasteiger partial charge on any atom is 0.251 e. The third kappa shape index (κ3) is 1.52. The van der Waals surface area contributed by atoms with Crippen molar-refractivity contribution in [2.75, 3.05) is 0 Å². The van der Waals surface area contributed by atoms with E-state index in [1.54, 1.807) is 4.57 Å². The van der Waals surface area contributed by atoms with Crippen molar-refractivity contribution in [3.8, 4) is 11.4 Å². The van der Waals surface area contributed by atoms with Gasteiger partial charge in [0.25, 0.3) is 5.56 Å². The molecule has 0 saturated heterocycles. The number of rotatable bonds is 1. The first-order valence-electron chi connectivity index (χ1n) is 6.50. The minimum Gasteiger partial charge on any atom is -0.392 e. The molecule has 0 aliphatic carbocycles. The number of nitrogens with zero attached hydrogens (tertiary/aromatic N) is 2. The van der Waals surface area contributed by atoms with Crippen LogP contribution in [0.3, 0.4) is 0 Å². The molecule has 1 aliphatic heterocycles. The monoisotopic (exact) mass is 264 g/mol. The van der Waals surface area contributed by atoms with Gasteiger partial charge in [-0.2, -0.15) is 0 Å². The number of aliphatic hydroxyl groups is 1. The van der Waals surface area contributed by atoms with Crippen LogP contribution < -0.4 is 5.56 Å². The summed E-state index contributed by atoms with van der Waals surface area (Å²) in [6.45, 7) is 0.416. The van der Waals surface area contributed by atoms with Gasteiger partial charge in [0.1, 0.15) is 0 Å². The molecule has 20 heavy (non-hydrogen) atoms. The van der Waals surface area contributed by atoms with E-state index in [0.717, 1.165) is 27.9 Å². The van der Waals surface area contributed by atoms with Crippen LogP contribution in [-0.2, 0) is 13.2 Å². The van der Waals surface area contributed by atoms with Gasteiger partial charge in [0.05, 0.1) is 30.1 Å². The average Bonchev–Trinajstić information content (AvgIpc) is 2.83. The van der Waals surface area contributed by atoms with E-state index in [2.05, 4.69) is 11.1 Å². The van der Waals surface area contributed by atoms with Crippen LogP contribution in [-0.4, -0.2) is 14.7 Å². The zero-order valence-corrected chi connectivity index (χ0v) is 10.7. The van der Waals surface area contributed by atoms with Crippen LogP contribution >= 0.6 is 0 Å². The fraction of sp³-hybridized carbons (Fsp3) is 0.125. The lowest BCUT2D eigenvalue weighted by atomic mass is 10.1. The van der Waals surface area contributed by atoms with Crippen LogP contribution in [0, 0.1) is 0 Å². The molecule has 1 aliphatic rings. The van der Waals surface area contributed by atoms with E-state index < -0.39 is 0 Å². The third-order valence-electron chi connectivity index (χ3n) is 3.74. The molecule has 4 nitrogen and oxygen atoms in total. The van der Waals surface area contributed by atoms with Crippen LogP contribution in [0.1, 0.15) is 11.1 Å². The van der Waals surface area contributed by atoms with Gasteiger partial charge in [0, 0.05) is 17.0 Å². The summed E-state index contributed by atoms with van der Waals surface area (Å²) in [7, 11) is 0. The SMILES string of the molecule is O=c1cc(CO)cc2n1Cc1cc3ccccc3nc1-2. The van der Waals surface area contributed by atoms with E-state index in [1.807, 2.05) is 30.3 Å². The summed E-state index contributed by atoms with van der Waals surface area (Å²) in [4.78, 5) is 16.7. The van der Waals surface area contributed by atoms with E-state index in [1.165, 1.54) is 6.07 Å². The molecule has 0 spiro atoms. The number of aliphatic hydroxyl groups excluding tert-OH is 1. The predicted molar refractivity (Wildman–Crippen MR) is 76.5 cm³/mol. The molecule has 2 aromatic heterocycles. The topological polar surface area (TPSA) is 55.1 Å². The Labute approximate surface area is 114 Å². The fourth-order valence-electron chi connectivity index (χ4n) is 2.77. The third-order valence-corrected chi connectivity index (χ3v) is 3.74. The smallest absolute Gasteiger partial charge is 0.251 e. The summed E-state index contributed by atoms with van der Waals surface area (Å²) < 4.78 is 1.70. The van der Waals surface area contributed by atoms with Gasteiger partial charge in [-0.25, -0.2) is 4.98 Å². The van der Waals surface area contributed by atoms with Crippen LogP contribution in [0.15, 0.2) is 47.3 Å². The Morgan fingerprint density at radius 1 is 1.20 bits per heavy atom. The Kier molecular flexibility index (Phi) is 2.28. The van der Waals surface area contributed by atoms with Gasteiger partial charge in [-0.1, -0.05) is 18.2 Å². The zero-order valence-electron chi connectivity index (χ0n) is 10.7. The maximum atomic E-state index is 12.1. The van der Waals surface area contributed by atoms with Crippen molar-refractivity contribution in [2.45, 2.75) is 13.2 Å². The molecule has 3 aromatic rings. The van der Waals surface area contributed by atoms with E-state index in [0.29, 0.717) is 12.1 Å². The largest absolute Gasteiger partial charge is 0.392 e. The Morgan fingerprint density at radius 3 is 2.90 bits per heavy atom. The Bertz CT molecular complexity index is 897. The van der Waals surface area contributed by atoms with Crippen molar-refractivity contribution in [1.29, 1.82) is 0 Å². The van der Waals surface area contributed by atoms with E-state index in [-0.39, 0.29) is 12.2 Å². The Morgan fingerprint density at radius 2 is 2.05 bits per heavy atom. The Hall–Kier alpha value is -2.46.